The lowest BCUT2D eigenvalue weighted by Crippen LogP contribution is -2.42. The van der Waals surface area contributed by atoms with Gasteiger partial charge in [-0.3, -0.25) is 9.20 Å². The smallest absolute Gasteiger partial charge is 0.193 e. The minimum absolute atomic E-state index is 0. The Bertz CT molecular complexity index is 359. The third kappa shape index (κ3) is 7.27. The molecule has 1 rings (SSSR count). The highest BCUT2D eigenvalue weighted by molar-refractivity contribution is 14.0. The van der Waals surface area contributed by atoms with Gasteiger partial charge in [0.15, 0.2) is 5.96 Å². The van der Waals surface area contributed by atoms with E-state index in [0.29, 0.717) is 18.2 Å². The van der Waals surface area contributed by atoms with Gasteiger partial charge in [0.2, 0.25) is 0 Å². The first-order valence-electron chi connectivity index (χ1n) is 7.21. The van der Waals surface area contributed by atoms with Gasteiger partial charge in [-0.15, -0.1) is 24.0 Å². The molecule has 0 amide bonds. The van der Waals surface area contributed by atoms with Gasteiger partial charge >= 0.3 is 0 Å². The minimum atomic E-state index is -0.823. The van der Waals surface area contributed by atoms with Gasteiger partial charge in [0.25, 0.3) is 0 Å². The molecule has 0 aromatic rings. The van der Waals surface area contributed by atoms with Crippen LogP contribution in [0.5, 0.6) is 0 Å². The van der Waals surface area contributed by atoms with E-state index in [0.717, 1.165) is 32.1 Å². The lowest BCUT2D eigenvalue weighted by atomic mass is 10.1. The summed E-state index contributed by atoms with van der Waals surface area (Å²) in [5.74, 6) is 2.15. The Morgan fingerprint density at radius 3 is 2.67 bits per heavy atom. The highest BCUT2D eigenvalue weighted by Gasteiger charge is 2.25. The van der Waals surface area contributed by atoms with E-state index in [1.165, 1.54) is 0 Å². The Balaban J connectivity index is 0.00000400. The standard InChI is InChI=1S/C14H29N3O2S.HI/c1-14(2,3)20(18)9-7-16-13(15-4)17-8-6-12(10-17)11-19-5;/h12H,6-11H2,1-5H3,(H,15,16);1H. The highest BCUT2D eigenvalue weighted by Crippen LogP contribution is 2.16. The second-order valence-corrected chi connectivity index (χ2v) is 8.52. The molecule has 2 atom stereocenters. The van der Waals surface area contributed by atoms with E-state index in [1.807, 2.05) is 20.8 Å². The number of ether oxygens (including phenoxy) is 1. The molecule has 1 saturated heterocycles. The van der Waals surface area contributed by atoms with Crippen molar-refractivity contribution in [1.29, 1.82) is 0 Å². The van der Waals surface area contributed by atoms with Crippen LogP contribution < -0.4 is 5.32 Å². The fourth-order valence-corrected chi connectivity index (χ4v) is 3.19. The van der Waals surface area contributed by atoms with Crippen molar-refractivity contribution < 1.29 is 8.95 Å². The minimum Gasteiger partial charge on any atom is -0.384 e. The van der Waals surface area contributed by atoms with Crippen molar-refractivity contribution in [2.45, 2.75) is 31.9 Å². The van der Waals surface area contributed by atoms with Crippen molar-refractivity contribution in [3.63, 3.8) is 0 Å². The SMILES string of the molecule is CN=C(NCCS(=O)C(C)(C)C)N1CCC(COC)C1.I. The maximum Gasteiger partial charge on any atom is 0.193 e. The second-order valence-electron chi connectivity index (χ2n) is 6.19. The number of nitrogens with zero attached hydrogens (tertiary/aromatic N) is 2. The van der Waals surface area contributed by atoms with E-state index >= 15 is 0 Å². The molecular formula is C14H30IN3O2S. The number of nitrogens with one attached hydrogen (secondary N) is 1. The summed E-state index contributed by atoms with van der Waals surface area (Å²) in [5, 5.41) is 3.32. The number of aliphatic imine (C=N–C) groups is 1. The van der Waals surface area contributed by atoms with Gasteiger partial charge in [0.1, 0.15) is 0 Å². The monoisotopic (exact) mass is 431 g/mol. The summed E-state index contributed by atoms with van der Waals surface area (Å²) in [7, 11) is 2.72. The Hall–Kier alpha value is 0.110. The Labute approximate surface area is 148 Å². The maximum atomic E-state index is 12.0. The molecule has 0 aromatic carbocycles. The number of hydrogen-bond donors (Lipinski definition) is 1. The van der Waals surface area contributed by atoms with Gasteiger partial charge in [-0.1, -0.05) is 0 Å². The molecule has 2 unspecified atom stereocenters. The van der Waals surface area contributed by atoms with Gasteiger partial charge in [0.05, 0.1) is 6.61 Å². The van der Waals surface area contributed by atoms with Crippen LogP contribution in [-0.2, 0) is 15.5 Å². The molecule has 1 aliphatic heterocycles. The largest absolute Gasteiger partial charge is 0.384 e. The zero-order chi connectivity index (χ0) is 15.2. The van der Waals surface area contributed by atoms with E-state index in [-0.39, 0.29) is 28.7 Å². The summed E-state index contributed by atoms with van der Waals surface area (Å²) in [4.78, 5) is 6.57. The Morgan fingerprint density at radius 2 is 2.14 bits per heavy atom. The van der Waals surface area contributed by atoms with Crippen molar-refractivity contribution in [3.8, 4) is 0 Å². The van der Waals surface area contributed by atoms with Crippen molar-refractivity contribution in [2.24, 2.45) is 10.9 Å². The number of halogens is 1. The van der Waals surface area contributed by atoms with Crippen LogP contribution in [0.1, 0.15) is 27.2 Å². The highest BCUT2D eigenvalue weighted by atomic mass is 127. The summed E-state index contributed by atoms with van der Waals surface area (Å²) in [6.07, 6.45) is 1.14. The van der Waals surface area contributed by atoms with Crippen molar-refractivity contribution >= 4 is 40.7 Å². The summed E-state index contributed by atoms with van der Waals surface area (Å²) in [6.45, 7) is 9.52. The van der Waals surface area contributed by atoms with E-state index < -0.39 is 10.8 Å². The maximum absolute atomic E-state index is 12.0. The van der Waals surface area contributed by atoms with E-state index in [1.54, 1.807) is 14.2 Å². The van der Waals surface area contributed by atoms with Crippen LogP contribution >= 0.6 is 24.0 Å². The van der Waals surface area contributed by atoms with Crippen LogP contribution in [0, 0.1) is 5.92 Å². The zero-order valence-corrected chi connectivity index (χ0v) is 17.0. The molecule has 0 spiro atoms. The summed E-state index contributed by atoms with van der Waals surface area (Å²) >= 11 is 0. The van der Waals surface area contributed by atoms with Crippen LogP contribution in [-0.4, -0.2) is 66.0 Å². The van der Waals surface area contributed by atoms with Gasteiger partial charge in [0, 0.05) is 61.0 Å². The molecule has 0 radical (unpaired) electrons. The van der Waals surface area contributed by atoms with Crippen molar-refractivity contribution in [3.05, 3.63) is 0 Å². The molecule has 1 fully saturated rings. The second kappa shape index (κ2) is 9.99. The fraction of sp³-hybridized carbons (Fsp3) is 0.929. The predicted molar refractivity (Wildman–Crippen MR) is 101 cm³/mol. The van der Waals surface area contributed by atoms with Crippen LogP contribution in [0.15, 0.2) is 4.99 Å². The fourth-order valence-electron chi connectivity index (χ4n) is 2.29. The third-order valence-corrected chi connectivity index (χ3v) is 5.39. The molecule has 1 heterocycles. The summed E-state index contributed by atoms with van der Waals surface area (Å²) in [6, 6.07) is 0. The van der Waals surface area contributed by atoms with Crippen molar-refractivity contribution in [1.82, 2.24) is 10.2 Å². The molecular weight excluding hydrogens is 401 g/mol. The molecule has 0 bridgehead atoms. The molecule has 1 N–H and O–H groups in total. The number of guanidine groups is 1. The first kappa shape index (κ1) is 21.1. The number of likely N-dealkylation sites (tertiary alicyclic amines) is 1. The van der Waals surface area contributed by atoms with Crippen LogP contribution in [0.25, 0.3) is 0 Å². The summed E-state index contributed by atoms with van der Waals surface area (Å²) in [5.41, 5.74) is 0. The molecule has 0 aliphatic carbocycles. The molecule has 5 nitrogen and oxygen atoms in total. The average molecular weight is 431 g/mol. The summed E-state index contributed by atoms with van der Waals surface area (Å²) < 4.78 is 17.1. The number of rotatable bonds is 5. The normalized spacial score (nSPS) is 21.1. The quantitative estimate of drug-likeness (QED) is 0.409. The van der Waals surface area contributed by atoms with Gasteiger partial charge in [-0.2, -0.15) is 0 Å². The topological polar surface area (TPSA) is 53.9 Å². The lowest BCUT2D eigenvalue weighted by Gasteiger charge is -2.23. The van der Waals surface area contributed by atoms with Crippen molar-refractivity contribution in [2.75, 3.05) is 46.2 Å². The first-order chi connectivity index (χ1) is 9.38. The average Bonchev–Trinajstić information content (AvgIpc) is 2.82. The van der Waals surface area contributed by atoms with Crippen LogP contribution in [0.4, 0.5) is 0 Å². The third-order valence-electron chi connectivity index (χ3n) is 3.45. The number of hydrogen-bond acceptors (Lipinski definition) is 3. The molecule has 1 aliphatic rings. The lowest BCUT2D eigenvalue weighted by molar-refractivity contribution is 0.157. The Kier molecular flexibility index (Phi) is 10.0. The van der Waals surface area contributed by atoms with Gasteiger partial charge in [-0.05, 0) is 27.2 Å². The molecule has 126 valence electrons. The van der Waals surface area contributed by atoms with Crippen LogP contribution in [0.3, 0.4) is 0 Å². The number of methoxy groups -OCH3 is 1. The molecule has 21 heavy (non-hydrogen) atoms. The van der Waals surface area contributed by atoms with Gasteiger partial charge < -0.3 is 15.0 Å². The van der Waals surface area contributed by atoms with Gasteiger partial charge in [-0.25, -0.2) is 0 Å². The van der Waals surface area contributed by atoms with E-state index in [9.17, 15) is 4.21 Å². The zero-order valence-electron chi connectivity index (χ0n) is 13.8. The van der Waals surface area contributed by atoms with E-state index in [2.05, 4.69) is 15.2 Å². The predicted octanol–water partition coefficient (Wildman–Crippen LogP) is 1.70. The molecule has 0 saturated carbocycles. The Morgan fingerprint density at radius 1 is 1.48 bits per heavy atom. The van der Waals surface area contributed by atoms with Crippen LogP contribution in [0.2, 0.25) is 0 Å². The molecule has 7 heteroatoms. The molecule has 0 aromatic heterocycles. The van der Waals surface area contributed by atoms with E-state index in [4.69, 9.17) is 4.74 Å². The first-order valence-corrected chi connectivity index (χ1v) is 8.53.